The number of hydrogen-bond donors (Lipinski definition) is 1. The third kappa shape index (κ3) is 10.2. The molecule has 92 valence electrons. The zero-order valence-corrected chi connectivity index (χ0v) is 11.1. The van der Waals surface area contributed by atoms with Crippen LogP contribution < -0.4 is 5.32 Å². The highest BCUT2D eigenvalue weighted by Crippen LogP contribution is 2.13. The predicted octanol–water partition coefficient (Wildman–Crippen LogP) is 1.59. The normalized spacial score (nSPS) is 12.4. The lowest BCUT2D eigenvalue weighted by molar-refractivity contribution is 0.191. The van der Waals surface area contributed by atoms with Crippen molar-refractivity contribution in [2.75, 3.05) is 47.4 Å². The lowest BCUT2D eigenvalue weighted by Crippen LogP contribution is -2.37. The molecule has 3 heteroatoms. The monoisotopic (exact) mass is 216 g/mol. The van der Waals surface area contributed by atoms with Crippen LogP contribution in [0.25, 0.3) is 0 Å². The van der Waals surface area contributed by atoms with Crippen LogP contribution in [0, 0.1) is 5.41 Å². The Labute approximate surface area is 95.2 Å². The second kappa shape index (κ2) is 8.08. The molecule has 0 rings (SSSR count). The maximum absolute atomic E-state index is 5.01. The van der Waals surface area contributed by atoms with Crippen LogP contribution in [0.1, 0.15) is 26.7 Å². The van der Waals surface area contributed by atoms with Gasteiger partial charge < -0.3 is 15.0 Å². The first-order valence-corrected chi connectivity index (χ1v) is 5.82. The minimum atomic E-state index is 0.352. The van der Waals surface area contributed by atoms with Crippen LogP contribution in [-0.4, -0.2) is 52.3 Å². The average molecular weight is 216 g/mol. The first-order valence-electron chi connectivity index (χ1n) is 5.82. The molecule has 0 aromatic carbocycles. The van der Waals surface area contributed by atoms with Crippen molar-refractivity contribution < 1.29 is 4.74 Å². The van der Waals surface area contributed by atoms with Gasteiger partial charge in [0.05, 0.1) is 0 Å². The van der Waals surface area contributed by atoms with E-state index in [-0.39, 0.29) is 0 Å². The Kier molecular flexibility index (Phi) is 8.02. The van der Waals surface area contributed by atoms with Crippen LogP contribution in [0.2, 0.25) is 0 Å². The van der Waals surface area contributed by atoms with Gasteiger partial charge in [-0.15, -0.1) is 0 Å². The van der Waals surface area contributed by atoms with Gasteiger partial charge in [-0.05, 0) is 38.9 Å². The fraction of sp³-hybridized carbons (Fsp3) is 1.00. The van der Waals surface area contributed by atoms with E-state index in [1.165, 1.54) is 6.42 Å². The Bertz CT molecular complexity index is 147. The fourth-order valence-corrected chi connectivity index (χ4v) is 1.84. The molecule has 3 nitrogen and oxygen atoms in total. The van der Waals surface area contributed by atoms with Crippen molar-refractivity contribution in [3.63, 3.8) is 0 Å². The van der Waals surface area contributed by atoms with Crippen molar-refractivity contribution in [2.45, 2.75) is 26.7 Å². The van der Waals surface area contributed by atoms with Crippen LogP contribution >= 0.6 is 0 Å². The molecule has 0 radical (unpaired) electrons. The van der Waals surface area contributed by atoms with Crippen molar-refractivity contribution in [1.29, 1.82) is 0 Å². The zero-order chi connectivity index (χ0) is 11.7. The lowest BCUT2D eigenvalue weighted by Gasteiger charge is -2.28. The molecule has 0 unspecified atom stereocenters. The molecule has 0 bridgehead atoms. The van der Waals surface area contributed by atoms with Gasteiger partial charge >= 0.3 is 0 Å². The molecule has 0 fully saturated rings. The summed E-state index contributed by atoms with van der Waals surface area (Å²) >= 11 is 0. The minimum absolute atomic E-state index is 0.352. The summed E-state index contributed by atoms with van der Waals surface area (Å²) in [4.78, 5) is 2.24. The van der Waals surface area contributed by atoms with E-state index in [9.17, 15) is 0 Å². The summed E-state index contributed by atoms with van der Waals surface area (Å²) in [6, 6.07) is 0. The first kappa shape index (κ1) is 14.9. The summed E-state index contributed by atoms with van der Waals surface area (Å²) in [5.41, 5.74) is 0.352. The van der Waals surface area contributed by atoms with Gasteiger partial charge in [0.15, 0.2) is 0 Å². The van der Waals surface area contributed by atoms with Crippen LogP contribution in [0.3, 0.4) is 0 Å². The summed E-state index contributed by atoms with van der Waals surface area (Å²) in [6.45, 7) is 8.78. The van der Waals surface area contributed by atoms with E-state index in [1.54, 1.807) is 7.11 Å². The summed E-state index contributed by atoms with van der Waals surface area (Å²) in [6.07, 6.45) is 2.35. The van der Waals surface area contributed by atoms with Crippen LogP contribution in [0.15, 0.2) is 0 Å². The van der Waals surface area contributed by atoms with Crippen LogP contribution in [0.5, 0.6) is 0 Å². The van der Waals surface area contributed by atoms with Crippen molar-refractivity contribution in [3.8, 4) is 0 Å². The summed E-state index contributed by atoms with van der Waals surface area (Å²) in [5.74, 6) is 0. The quantitative estimate of drug-likeness (QED) is 0.592. The summed E-state index contributed by atoms with van der Waals surface area (Å²) in [7, 11) is 6.01. The molecular formula is C12H28N2O. The van der Waals surface area contributed by atoms with E-state index in [0.29, 0.717) is 5.41 Å². The van der Waals surface area contributed by atoms with Gasteiger partial charge in [-0.25, -0.2) is 0 Å². The van der Waals surface area contributed by atoms with Crippen LogP contribution in [-0.2, 0) is 4.74 Å². The summed E-state index contributed by atoms with van der Waals surface area (Å²) < 4.78 is 5.01. The molecule has 0 aromatic rings. The molecule has 0 aliphatic carbocycles. The van der Waals surface area contributed by atoms with E-state index < -0.39 is 0 Å². The van der Waals surface area contributed by atoms with Gasteiger partial charge in [-0.1, -0.05) is 13.8 Å². The zero-order valence-electron chi connectivity index (χ0n) is 11.1. The Hall–Kier alpha value is -0.120. The maximum Gasteiger partial charge on any atom is 0.0462 e. The Morgan fingerprint density at radius 3 is 2.40 bits per heavy atom. The molecule has 0 aromatic heterocycles. The van der Waals surface area contributed by atoms with Gasteiger partial charge in [-0.2, -0.15) is 0 Å². The number of rotatable bonds is 9. The van der Waals surface area contributed by atoms with E-state index in [4.69, 9.17) is 4.74 Å². The number of unbranched alkanes of at least 4 members (excludes halogenated alkanes) is 1. The van der Waals surface area contributed by atoms with Gasteiger partial charge in [0.25, 0.3) is 0 Å². The van der Waals surface area contributed by atoms with E-state index in [2.05, 4.69) is 38.2 Å². The maximum atomic E-state index is 5.01. The minimum Gasteiger partial charge on any atom is -0.385 e. The molecule has 0 heterocycles. The highest BCUT2D eigenvalue weighted by molar-refractivity contribution is 4.73. The van der Waals surface area contributed by atoms with Crippen molar-refractivity contribution in [3.05, 3.63) is 0 Å². The van der Waals surface area contributed by atoms with Gasteiger partial charge in [0.1, 0.15) is 0 Å². The number of hydrogen-bond acceptors (Lipinski definition) is 3. The van der Waals surface area contributed by atoms with Gasteiger partial charge in [0.2, 0.25) is 0 Å². The molecule has 0 saturated heterocycles. The summed E-state index contributed by atoms with van der Waals surface area (Å²) in [5, 5.41) is 3.51. The molecule has 0 aliphatic heterocycles. The Morgan fingerprint density at radius 1 is 1.20 bits per heavy atom. The van der Waals surface area contributed by atoms with Crippen molar-refractivity contribution in [1.82, 2.24) is 10.2 Å². The predicted molar refractivity (Wildman–Crippen MR) is 66.3 cm³/mol. The number of methoxy groups -OCH3 is 1. The van der Waals surface area contributed by atoms with E-state index in [0.717, 1.165) is 32.7 Å². The molecule has 0 amide bonds. The second-order valence-corrected chi connectivity index (χ2v) is 5.28. The standard InChI is InChI=1S/C12H28N2O/c1-12(2,11-14(3)4)10-13-8-6-7-9-15-5/h13H,6-11H2,1-5H3. The average Bonchev–Trinajstić information content (AvgIpc) is 2.08. The number of nitrogens with zero attached hydrogens (tertiary/aromatic N) is 1. The lowest BCUT2D eigenvalue weighted by atomic mass is 9.93. The molecule has 0 spiro atoms. The molecular weight excluding hydrogens is 188 g/mol. The van der Waals surface area contributed by atoms with E-state index in [1.807, 2.05) is 0 Å². The number of ether oxygens (including phenoxy) is 1. The Morgan fingerprint density at radius 2 is 1.87 bits per heavy atom. The number of nitrogens with one attached hydrogen (secondary N) is 1. The van der Waals surface area contributed by atoms with Crippen LogP contribution in [0.4, 0.5) is 0 Å². The highest BCUT2D eigenvalue weighted by atomic mass is 16.5. The van der Waals surface area contributed by atoms with Gasteiger partial charge in [0, 0.05) is 26.8 Å². The molecule has 0 saturated carbocycles. The molecule has 0 aliphatic rings. The van der Waals surface area contributed by atoms with Gasteiger partial charge in [-0.3, -0.25) is 0 Å². The first-order chi connectivity index (χ1) is 6.98. The van der Waals surface area contributed by atoms with Crippen molar-refractivity contribution >= 4 is 0 Å². The third-order valence-corrected chi connectivity index (χ3v) is 2.30. The fourth-order valence-electron chi connectivity index (χ4n) is 1.84. The molecule has 1 N–H and O–H groups in total. The molecule has 0 atom stereocenters. The highest BCUT2D eigenvalue weighted by Gasteiger charge is 2.17. The second-order valence-electron chi connectivity index (χ2n) is 5.28. The smallest absolute Gasteiger partial charge is 0.0462 e. The Balaban J connectivity index is 3.40. The topological polar surface area (TPSA) is 24.5 Å². The van der Waals surface area contributed by atoms with Crippen molar-refractivity contribution in [2.24, 2.45) is 5.41 Å². The SMILES string of the molecule is COCCCCNCC(C)(C)CN(C)C. The largest absolute Gasteiger partial charge is 0.385 e. The van der Waals surface area contributed by atoms with E-state index >= 15 is 0 Å². The third-order valence-electron chi connectivity index (χ3n) is 2.30. The molecule has 15 heavy (non-hydrogen) atoms.